The maximum absolute atomic E-state index is 12.3. The molecule has 0 spiro atoms. The molecule has 0 aliphatic rings. The van der Waals surface area contributed by atoms with Crippen molar-refractivity contribution in [3.63, 3.8) is 0 Å². The lowest BCUT2D eigenvalue weighted by molar-refractivity contribution is -0.148. The first kappa shape index (κ1) is 19.2. The van der Waals surface area contributed by atoms with Gasteiger partial charge in [0.25, 0.3) is 5.91 Å². The molecule has 136 valence electrons. The summed E-state index contributed by atoms with van der Waals surface area (Å²) < 4.78 is 10.6. The Labute approximate surface area is 153 Å². The minimum absolute atomic E-state index is 0.422. The molecule has 0 bridgehead atoms. The zero-order valence-electron chi connectivity index (χ0n) is 15.2. The molecule has 0 saturated carbocycles. The van der Waals surface area contributed by atoms with Gasteiger partial charge in [-0.3, -0.25) is 4.79 Å². The molecule has 5 heteroatoms. The molecule has 2 aromatic carbocycles. The predicted molar refractivity (Wildman–Crippen MR) is 102 cm³/mol. The third kappa shape index (κ3) is 5.77. The van der Waals surface area contributed by atoms with Crippen molar-refractivity contribution in [1.82, 2.24) is 0 Å². The van der Waals surface area contributed by atoms with Crippen molar-refractivity contribution in [3.05, 3.63) is 65.7 Å². The van der Waals surface area contributed by atoms with E-state index in [1.807, 2.05) is 44.2 Å². The number of hydrogen-bond acceptors (Lipinski definition) is 4. The Morgan fingerprint density at radius 1 is 1.15 bits per heavy atom. The lowest BCUT2D eigenvalue weighted by Gasteiger charge is -2.15. The van der Waals surface area contributed by atoms with Gasteiger partial charge in [0.1, 0.15) is 5.75 Å². The first-order valence-electron chi connectivity index (χ1n) is 8.47. The van der Waals surface area contributed by atoms with Crippen LogP contribution in [0.15, 0.2) is 54.6 Å². The second-order valence-corrected chi connectivity index (χ2v) is 5.75. The molecule has 0 heterocycles. The molecule has 2 aromatic rings. The van der Waals surface area contributed by atoms with Gasteiger partial charge in [-0.2, -0.15) is 0 Å². The quantitative estimate of drug-likeness (QED) is 0.604. The fourth-order valence-electron chi connectivity index (χ4n) is 2.29. The van der Waals surface area contributed by atoms with Crippen molar-refractivity contribution < 1.29 is 19.1 Å². The van der Waals surface area contributed by atoms with E-state index in [-0.39, 0.29) is 0 Å². The van der Waals surface area contributed by atoms with E-state index in [9.17, 15) is 9.59 Å². The number of carbonyl (C=O) groups excluding carboxylic acids is 2. The number of nitrogens with one attached hydrogen (secondary N) is 1. The Hall–Kier alpha value is -3.08. The van der Waals surface area contributed by atoms with Gasteiger partial charge >= 0.3 is 5.97 Å². The average Bonchev–Trinajstić information content (AvgIpc) is 2.62. The predicted octanol–water partition coefficient (Wildman–Crippen LogP) is 3.98. The number of ether oxygens (including phenoxy) is 2. The Bertz CT molecular complexity index is 798. The highest BCUT2D eigenvalue weighted by Crippen LogP contribution is 2.23. The van der Waals surface area contributed by atoms with Crippen LogP contribution in [0.2, 0.25) is 0 Å². The van der Waals surface area contributed by atoms with E-state index >= 15 is 0 Å². The van der Waals surface area contributed by atoms with E-state index in [0.29, 0.717) is 18.0 Å². The Balaban J connectivity index is 1.93. The van der Waals surface area contributed by atoms with Crippen LogP contribution in [-0.4, -0.2) is 24.6 Å². The Morgan fingerprint density at radius 3 is 2.65 bits per heavy atom. The number of para-hydroxylation sites is 2. The maximum Gasteiger partial charge on any atom is 0.331 e. The molecular weight excluding hydrogens is 330 g/mol. The molecule has 5 nitrogen and oxygen atoms in total. The molecule has 1 N–H and O–H groups in total. The zero-order chi connectivity index (χ0) is 18.9. The lowest BCUT2D eigenvalue weighted by Crippen LogP contribution is -2.29. The summed E-state index contributed by atoms with van der Waals surface area (Å²) in [5.41, 5.74) is 2.53. The van der Waals surface area contributed by atoms with Crippen LogP contribution in [0.5, 0.6) is 5.75 Å². The minimum atomic E-state index is -0.931. The highest BCUT2D eigenvalue weighted by Gasteiger charge is 2.18. The van der Waals surface area contributed by atoms with Crippen molar-refractivity contribution in [1.29, 1.82) is 0 Å². The van der Waals surface area contributed by atoms with Gasteiger partial charge in [0.15, 0.2) is 6.10 Å². The van der Waals surface area contributed by atoms with Crippen molar-refractivity contribution in [3.8, 4) is 5.75 Å². The van der Waals surface area contributed by atoms with Crippen LogP contribution in [0, 0.1) is 6.92 Å². The fourth-order valence-corrected chi connectivity index (χ4v) is 2.29. The molecule has 0 aliphatic carbocycles. The summed E-state index contributed by atoms with van der Waals surface area (Å²) in [5.74, 6) is -0.428. The molecule has 0 unspecified atom stereocenters. The summed E-state index contributed by atoms with van der Waals surface area (Å²) in [4.78, 5) is 24.2. The smallest absolute Gasteiger partial charge is 0.331 e. The normalized spacial score (nSPS) is 11.8. The molecule has 0 saturated heterocycles. The van der Waals surface area contributed by atoms with E-state index in [2.05, 4.69) is 5.32 Å². The standard InChI is InChI=1S/C21H23NO4/c1-4-25-19-11-6-5-10-18(19)22-21(24)16(3)26-20(23)13-12-17-9-7-8-15(2)14-17/h5-14,16H,4H2,1-3H3,(H,22,24)/b13-12+/t16-/m0/s1. The van der Waals surface area contributed by atoms with Crippen LogP contribution in [-0.2, 0) is 14.3 Å². The number of benzene rings is 2. The first-order chi connectivity index (χ1) is 12.5. The van der Waals surface area contributed by atoms with Gasteiger partial charge in [0.2, 0.25) is 0 Å². The highest BCUT2D eigenvalue weighted by atomic mass is 16.5. The third-order valence-corrected chi connectivity index (χ3v) is 3.56. The Kier molecular flexibility index (Phi) is 6.97. The van der Waals surface area contributed by atoms with Crippen LogP contribution in [0.25, 0.3) is 6.08 Å². The molecule has 26 heavy (non-hydrogen) atoms. The van der Waals surface area contributed by atoms with Gasteiger partial charge in [0.05, 0.1) is 12.3 Å². The highest BCUT2D eigenvalue weighted by molar-refractivity contribution is 5.97. The summed E-state index contributed by atoms with van der Waals surface area (Å²) in [6.45, 7) is 5.85. The molecule has 2 rings (SSSR count). The largest absolute Gasteiger partial charge is 0.492 e. The molecular formula is C21H23NO4. The van der Waals surface area contributed by atoms with Gasteiger partial charge in [0, 0.05) is 6.08 Å². The first-order valence-corrected chi connectivity index (χ1v) is 8.47. The van der Waals surface area contributed by atoms with Crippen LogP contribution < -0.4 is 10.1 Å². The number of carbonyl (C=O) groups is 2. The van der Waals surface area contributed by atoms with Gasteiger partial charge in [-0.1, -0.05) is 42.0 Å². The van der Waals surface area contributed by atoms with Crippen molar-refractivity contribution in [2.45, 2.75) is 26.9 Å². The average molecular weight is 353 g/mol. The van der Waals surface area contributed by atoms with Gasteiger partial charge in [-0.15, -0.1) is 0 Å². The maximum atomic E-state index is 12.3. The summed E-state index contributed by atoms with van der Waals surface area (Å²) >= 11 is 0. The van der Waals surface area contributed by atoms with E-state index in [1.54, 1.807) is 24.3 Å². The van der Waals surface area contributed by atoms with Crippen LogP contribution in [0.1, 0.15) is 25.0 Å². The number of rotatable bonds is 7. The van der Waals surface area contributed by atoms with Crippen molar-refractivity contribution >= 4 is 23.6 Å². The van der Waals surface area contributed by atoms with E-state index in [1.165, 1.54) is 13.0 Å². The molecule has 0 aliphatic heterocycles. The van der Waals surface area contributed by atoms with E-state index < -0.39 is 18.0 Å². The number of anilines is 1. The second-order valence-electron chi connectivity index (χ2n) is 5.75. The SMILES string of the molecule is CCOc1ccccc1NC(=O)[C@H](C)OC(=O)/C=C/c1cccc(C)c1. The topological polar surface area (TPSA) is 64.6 Å². The van der Waals surface area contributed by atoms with E-state index in [4.69, 9.17) is 9.47 Å². The van der Waals surface area contributed by atoms with Crippen LogP contribution in [0.4, 0.5) is 5.69 Å². The molecule has 1 atom stereocenters. The number of esters is 1. The van der Waals surface area contributed by atoms with E-state index in [0.717, 1.165) is 11.1 Å². The summed E-state index contributed by atoms with van der Waals surface area (Å²) in [6, 6.07) is 14.8. The molecule has 0 fully saturated rings. The minimum Gasteiger partial charge on any atom is -0.492 e. The summed E-state index contributed by atoms with van der Waals surface area (Å²) in [7, 11) is 0. The van der Waals surface area contributed by atoms with Gasteiger partial charge < -0.3 is 14.8 Å². The number of amides is 1. The molecule has 0 aromatic heterocycles. The lowest BCUT2D eigenvalue weighted by atomic mass is 10.1. The summed E-state index contributed by atoms with van der Waals surface area (Å²) in [6.07, 6.45) is 2.04. The second kappa shape index (κ2) is 9.42. The third-order valence-electron chi connectivity index (χ3n) is 3.56. The van der Waals surface area contributed by atoms with Crippen molar-refractivity contribution in [2.75, 3.05) is 11.9 Å². The molecule has 0 radical (unpaired) electrons. The monoisotopic (exact) mass is 353 g/mol. The number of aryl methyl sites for hydroxylation is 1. The summed E-state index contributed by atoms with van der Waals surface area (Å²) in [5, 5.41) is 2.72. The Morgan fingerprint density at radius 2 is 1.92 bits per heavy atom. The number of hydrogen-bond donors (Lipinski definition) is 1. The van der Waals surface area contributed by atoms with Crippen LogP contribution in [0.3, 0.4) is 0 Å². The fraction of sp³-hybridized carbons (Fsp3) is 0.238. The van der Waals surface area contributed by atoms with Gasteiger partial charge in [-0.05, 0) is 44.5 Å². The van der Waals surface area contributed by atoms with Gasteiger partial charge in [-0.25, -0.2) is 4.79 Å². The zero-order valence-corrected chi connectivity index (χ0v) is 15.2. The molecule has 1 amide bonds. The van der Waals surface area contributed by atoms with Crippen molar-refractivity contribution in [2.24, 2.45) is 0 Å². The van der Waals surface area contributed by atoms with Crippen LogP contribution >= 0.6 is 0 Å².